The number of nitrogens with one attached hydrogen (secondary N) is 1. The van der Waals surface area contributed by atoms with Crippen molar-refractivity contribution >= 4 is 27.3 Å². The molecule has 3 rings (SSSR count). The zero-order valence-corrected chi connectivity index (χ0v) is 15.4. The predicted molar refractivity (Wildman–Crippen MR) is 98.4 cm³/mol. The Kier molecular flexibility index (Phi) is 5.03. The molecule has 8 heteroatoms. The number of methoxy groups -OCH3 is 2. The van der Waals surface area contributed by atoms with Crippen molar-refractivity contribution in [2.75, 3.05) is 30.4 Å². The number of amides is 1. The van der Waals surface area contributed by atoms with Crippen molar-refractivity contribution in [1.82, 2.24) is 0 Å². The predicted octanol–water partition coefficient (Wildman–Crippen LogP) is 2.63. The summed E-state index contributed by atoms with van der Waals surface area (Å²) in [5.41, 5.74) is 1.07. The third-order valence-electron chi connectivity index (χ3n) is 4.17. The molecule has 1 aliphatic rings. The molecule has 0 radical (unpaired) electrons. The van der Waals surface area contributed by atoms with E-state index < -0.39 is 10.0 Å². The molecule has 1 amide bonds. The van der Waals surface area contributed by atoms with Crippen molar-refractivity contribution in [3.8, 4) is 11.5 Å². The van der Waals surface area contributed by atoms with Crippen LogP contribution in [0.15, 0.2) is 47.4 Å². The van der Waals surface area contributed by atoms with Gasteiger partial charge in [-0.3, -0.25) is 9.52 Å². The first-order valence-corrected chi connectivity index (χ1v) is 9.58. The van der Waals surface area contributed by atoms with Crippen LogP contribution in [0.3, 0.4) is 0 Å². The van der Waals surface area contributed by atoms with Gasteiger partial charge in [-0.1, -0.05) is 0 Å². The van der Waals surface area contributed by atoms with E-state index in [4.69, 9.17) is 9.47 Å². The van der Waals surface area contributed by atoms with Crippen molar-refractivity contribution in [3.05, 3.63) is 42.5 Å². The Morgan fingerprint density at radius 2 is 1.69 bits per heavy atom. The summed E-state index contributed by atoms with van der Waals surface area (Å²) in [6, 6.07) is 11.0. The van der Waals surface area contributed by atoms with Crippen LogP contribution in [0.1, 0.15) is 12.8 Å². The van der Waals surface area contributed by atoms with E-state index >= 15 is 0 Å². The largest absolute Gasteiger partial charge is 0.493 e. The lowest BCUT2D eigenvalue weighted by atomic mass is 10.3. The highest BCUT2D eigenvalue weighted by Crippen LogP contribution is 2.31. The Labute approximate surface area is 152 Å². The van der Waals surface area contributed by atoms with E-state index in [1.54, 1.807) is 35.2 Å². The average Bonchev–Trinajstić information content (AvgIpc) is 3.07. The van der Waals surface area contributed by atoms with Gasteiger partial charge in [-0.25, -0.2) is 8.42 Å². The van der Waals surface area contributed by atoms with Crippen molar-refractivity contribution in [1.29, 1.82) is 0 Å². The molecule has 2 aromatic carbocycles. The lowest BCUT2D eigenvalue weighted by molar-refractivity contribution is -0.117. The first-order chi connectivity index (χ1) is 12.4. The quantitative estimate of drug-likeness (QED) is 0.838. The third-order valence-corrected chi connectivity index (χ3v) is 5.57. The molecule has 0 bridgehead atoms. The van der Waals surface area contributed by atoms with Gasteiger partial charge in [-0.2, -0.15) is 0 Å². The van der Waals surface area contributed by atoms with Gasteiger partial charge in [0, 0.05) is 24.7 Å². The van der Waals surface area contributed by atoms with Gasteiger partial charge in [0.05, 0.1) is 24.8 Å². The van der Waals surface area contributed by atoms with Gasteiger partial charge < -0.3 is 14.4 Å². The average molecular weight is 376 g/mol. The number of carbonyl (C=O) groups excluding carboxylic acids is 1. The van der Waals surface area contributed by atoms with Gasteiger partial charge >= 0.3 is 0 Å². The molecular weight excluding hydrogens is 356 g/mol. The number of benzene rings is 2. The van der Waals surface area contributed by atoms with Gasteiger partial charge in [-0.15, -0.1) is 0 Å². The fourth-order valence-electron chi connectivity index (χ4n) is 2.84. The van der Waals surface area contributed by atoms with Crippen LogP contribution in [0.25, 0.3) is 0 Å². The van der Waals surface area contributed by atoms with E-state index in [0.29, 0.717) is 35.8 Å². The van der Waals surface area contributed by atoms with Gasteiger partial charge in [0.25, 0.3) is 10.0 Å². The maximum absolute atomic E-state index is 12.6. The van der Waals surface area contributed by atoms with Gasteiger partial charge in [0.2, 0.25) is 5.91 Å². The molecule has 0 aromatic heterocycles. The first kappa shape index (κ1) is 18.1. The molecule has 0 saturated carbocycles. The minimum atomic E-state index is -3.76. The summed E-state index contributed by atoms with van der Waals surface area (Å²) in [6.45, 7) is 0.662. The zero-order chi connectivity index (χ0) is 18.7. The lowest BCUT2D eigenvalue weighted by Crippen LogP contribution is -2.23. The SMILES string of the molecule is COc1ccc(NS(=O)(=O)c2ccc(N3CCCC3=O)cc2)cc1OC. The van der Waals surface area contributed by atoms with Crippen LogP contribution < -0.4 is 19.1 Å². The Bertz CT molecular complexity index is 910. The van der Waals surface area contributed by atoms with Gasteiger partial charge in [0.1, 0.15) is 0 Å². The van der Waals surface area contributed by atoms with Crippen LogP contribution in [0.2, 0.25) is 0 Å². The highest BCUT2D eigenvalue weighted by atomic mass is 32.2. The second-order valence-corrected chi connectivity index (χ2v) is 7.50. The van der Waals surface area contributed by atoms with E-state index in [1.807, 2.05) is 0 Å². The molecule has 1 aliphatic heterocycles. The Hall–Kier alpha value is -2.74. The Balaban J connectivity index is 1.81. The molecule has 1 N–H and O–H groups in total. The molecule has 0 spiro atoms. The van der Waals surface area contributed by atoms with E-state index in [0.717, 1.165) is 6.42 Å². The molecule has 0 aliphatic carbocycles. The summed E-state index contributed by atoms with van der Waals surface area (Å²) in [4.78, 5) is 13.6. The standard InChI is InChI=1S/C18H20N2O5S/c1-24-16-10-5-13(12-17(16)25-2)19-26(22,23)15-8-6-14(7-9-15)20-11-3-4-18(20)21/h5-10,12,19H,3-4,11H2,1-2H3. The van der Waals surface area contributed by atoms with E-state index in [1.165, 1.54) is 26.4 Å². The summed E-state index contributed by atoms with van der Waals surface area (Å²) >= 11 is 0. The maximum Gasteiger partial charge on any atom is 0.261 e. The molecule has 26 heavy (non-hydrogen) atoms. The molecule has 1 saturated heterocycles. The minimum absolute atomic E-state index is 0.0593. The molecular formula is C18H20N2O5S. The topological polar surface area (TPSA) is 84.9 Å². The second-order valence-electron chi connectivity index (χ2n) is 5.82. The number of carbonyl (C=O) groups is 1. The molecule has 138 valence electrons. The number of sulfonamides is 1. The Morgan fingerprint density at radius 3 is 2.27 bits per heavy atom. The smallest absolute Gasteiger partial charge is 0.261 e. The van der Waals surface area contributed by atoms with E-state index in [2.05, 4.69) is 4.72 Å². The number of hydrogen-bond donors (Lipinski definition) is 1. The number of rotatable bonds is 6. The molecule has 1 fully saturated rings. The van der Waals surface area contributed by atoms with E-state index in [9.17, 15) is 13.2 Å². The summed E-state index contributed by atoms with van der Waals surface area (Å²) < 4.78 is 38.0. The summed E-state index contributed by atoms with van der Waals surface area (Å²) in [7, 11) is -0.773. The summed E-state index contributed by atoms with van der Waals surface area (Å²) in [5.74, 6) is 0.995. The number of ether oxygens (including phenoxy) is 2. The van der Waals surface area contributed by atoms with Crippen molar-refractivity contribution in [3.63, 3.8) is 0 Å². The number of nitrogens with zero attached hydrogens (tertiary/aromatic N) is 1. The van der Waals surface area contributed by atoms with Crippen molar-refractivity contribution in [2.24, 2.45) is 0 Å². The summed E-state index contributed by atoms with van der Waals surface area (Å²) in [5, 5.41) is 0. The molecule has 0 unspecified atom stereocenters. The lowest BCUT2D eigenvalue weighted by Gasteiger charge is -2.16. The zero-order valence-electron chi connectivity index (χ0n) is 14.6. The fraction of sp³-hybridized carbons (Fsp3) is 0.278. The normalized spacial score (nSPS) is 14.4. The Morgan fingerprint density at radius 1 is 1.00 bits per heavy atom. The van der Waals surface area contributed by atoms with Crippen LogP contribution in [0, 0.1) is 0 Å². The van der Waals surface area contributed by atoms with E-state index in [-0.39, 0.29) is 10.8 Å². The van der Waals surface area contributed by atoms with Gasteiger partial charge in [-0.05, 0) is 42.8 Å². The second kappa shape index (κ2) is 7.25. The van der Waals surface area contributed by atoms with Gasteiger partial charge in [0.15, 0.2) is 11.5 Å². The number of anilines is 2. The molecule has 7 nitrogen and oxygen atoms in total. The molecule has 0 atom stereocenters. The minimum Gasteiger partial charge on any atom is -0.493 e. The van der Waals surface area contributed by atoms with Crippen LogP contribution >= 0.6 is 0 Å². The fourth-order valence-corrected chi connectivity index (χ4v) is 3.89. The monoisotopic (exact) mass is 376 g/mol. The van der Waals surface area contributed by atoms with Crippen molar-refractivity contribution in [2.45, 2.75) is 17.7 Å². The highest BCUT2D eigenvalue weighted by Gasteiger charge is 2.22. The van der Waals surface area contributed by atoms with Crippen LogP contribution in [0.4, 0.5) is 11.4 Å². The summed E-state index contributed by atoms with van der Waals surface area (Å²) in [6.07, 6.45) is 1.35. The third kappa shape index (κ3) is 3.60. The van der Waals surface area contributed by atoms with Crippen LogP contribution in [-0.2, 0) is 14.8 Å². The first-order valence-electron chi connectivity index (χ1n) is 8.10. The van der Waals surface area contributed by atoms with Crippen LogP contribution in [-0.4, -0.2) is 35.1 Å². The highest BCUT2D eigenvalue weighted by molar-refractivity contribution is 7.92. The molecule has 1 heterocycles. The molecule has 2 aromatic rings. The number of hydrogen-bond acceptors (Lipinski definition) is 5. The van der Waals surface area contributed by atoms with Crippen molar-refractivity contribution < 1.29 is 22.7 Å². The maximum atomic E-state index is 12.6. The van der Waals surface area contributed by atoms with Crippen LogP contribution in [0.5, 0.6) is 11.5 Å².